The van der Waals surface area contributed by atoms with Crippen LogP contribution in [0.1, 0.15) is 45.2 Å². The molecule has 0 saturated heterocycles. The van der Waals surface area contributed by atoms with Crippen molar-refractivity contribution in [2.24, 2.45) is 0 Å². The van der Waals surface area contributed by atoms with Crippen LogP contribution in [-0.2, 0) is 12.4 Å². The Kier molecular flexibility index (Phi) is 6.23. The van der Waals surface area contributed by atoms with Gasteiger partial charge in [0.2, 0.25) is 0 Å². The lowest BCUT2D eigenvalue weighted by atomic mass is 9.59. The highest BCUT2D eigenvalue weighted by atomic mass is 32.1. The number of anilines is 1. The average Bonchev–Trinajstić information content (AvgIpc) is 2.82. The highest BCUT2D eigenvalue weighted by Gasteiger charge is 2.50. The number of hydrogen-bond donors (Lipinski definition) is 2. The molecule has 0 saturated carbocycles. The first kappa shape index (κ1) is 25.5. The molecule has 0 unspecified atom stereocenters. The van der Waals surface area contributed by atoms with E-state index < -0.39 is 23.5 Å². The molecule has 0 aromatic heterocycles. The van der Waals surface area contributed by atoms with E-state index in [4.69, 9.17) is 12.2 Å². The van der Waals surface area contributed by atoms with Gasteiger partial charge in [0.25, 0.3) is 0 Å². The third-order valence-corrected chi connectivity index (χ3v) is 7.36. The molecule has 2 N–H and O–H groups in total. The third kappa shape index (κ3) is 4.57. The zero-order chi connectivity index (χ0) is 26.7. The van der Waals surface area contributed by atoms with Gasteiger partial charge in [-0.3, -0.25) is 0 Å². The predicted octanol–water partition coefficient (Wildman–Crippen LogP) is 6.60. The summed E-state index contributed by atoms with van der Waals surface area (Å²) in [7, 11) is 3.90. The van der Waals surface area contributed by atoms with Gasteiger partial charge in [0.1, 0.15) is 0 Å². The molecule has 0 spiro atoms. The maximum absolute atomic E-state index is 13.3. The highest BCUT2D eigenvalue weighted by molar-refractivity contribution is 7.80. The van der Waals surface area contributed by atoms with E-state index >= 15 is 0 Å². The number of nitrogens with one attached hydrogen (secondary N) is 2. The fraction of sp³-hybridized carbons (Fsp3) is 0.296. The van der Waals surface area contributed by atoms with Gasteiger partial charge in [-0.1, -0.05) is 48.5 Å². The van der Waals surface area contributed by atoms with E-state index in [-0.39, 0.29) is 40.8 Å². The van der Waals surface area contributed by atoms with Gasteiger partial charge in [-0.2, -0.15) is 26.3 Å². The van der Waals surface area contributed by atoms with Crippen LogP contribution in [0.3, 0.4) is 0 Å². The van der Waals surface area contributed by atoms with Crippen LogP contribution in [0, 0.1) is 0 Å². The summed E-state index contributed by atoms with van der Waals surface area (Å²) in [5.41, 5.74) is 1.47. The Labute approximate surface area is 215 Å². The molecule has 10 heteroatoms. The maximum Gasteiger partial charge on any atom is 0.416 e. The summed E-state index contributed by atoms with van der Waals surface area (Å²) in [5.74, 6) is -0.102. The predicted molar refractivity (Wildman–Crippen MR) is 134 cm³/mol. The van der Waals surface area contributed by atoms with Crippen LogP contribution in [0.15, 0.2) is 66.7 Å². The quantitative estimate of drug-likeness (QED) is 0.292. The first-order valence-electron chi connectivity index (χ1n) is 11.6. The van der Waals surface area contributed by atoms with Gasteiger partial charge < -0.3 is 15.5 Å². The minimum absolute atomic E-state index is 0.0121. The molecule has 0 aliphatic heterocycles. The van der Waals surface area contributed by atoms with Crippen molar-refractivity contribution in [1.82, 2.24) is 10.2 Å². The molecule has 194 valence electrons. The van der Waals surface area contributed by atoms with Crippen molar-refractivity contribution in [3.8, 4) is 0 Å². The molecule has 0 amide bonds. The molecule has 6 rings (SSSR count). The van der Waals surface area contributed by atoms with Crippen LogP contribution < -0.4 is 10.6 Å². The van der Waals surface area contributed by atoms with Gasteiger partial charge in [0.05, 0.1) is 17.2 Å². The number of halogens is 6. The van der Waals surface area contributed by atoms with E-state index in [1.807, 2.05) is 38.4 Å². The minimum atomic E-state index is -4.95. The van der Waals surface area contributed by atoms with Crippen LogP contribution >= 0.6 is 12.2 Å². The van der Waals surface area contributed by atoms with E-state index in [2.05, 4.69) is 39.8 Å². The van der Waals surface area contributed by atoms with Crippen molar-refractivity contribution in [2.45, 2.75) is 36.3 Å². The van der Waals surface area contributed by atoms with Crippen molar-refractivity contribution in [1.29, 1.82) is 0 Å². The smallest absolute Gasteiger partial charge is 0.357 e. The lowest BCUT2D eigenvalue weighted by Gasteiger charge is -2.53. The van der Waals surface area contributed by atoms with Gasteiger partial charge in [-0.25, -0.2) is 0 Å². The Morgan fingerprint density at radius 1 is 0.730 bits per heavy atom. The summed E-state index contributed by atoms with van der Waals surface area (Å²) >= 11 is 5.44. The molecule has 3 aliphatic carbocycles. The lowest BCUT2D eigenvalue weighted by molar-refractivity contribution is -0.143. The first-order valence-corrected chi connectivity index (χ1v) is 12.0. The SMILES string of the molecule is CN(C)[C@@H]1C2c3ccccc3C(c3ccccc32)[C@H]1NC(=S)Nc1cc(C(F)(F)F)cc(C(F)(F)F)c1. The standard InChI is InChI=1S/C27H23F6N3S/c1-36(2)24-22-19-9-5-3-7-17(19)21(18-8-4-6-10-20(18)22)23(24)35-25(37)34-16-12-14(26(28,29)30)11-15(13-16)27(31,32)33/h3-13,21-24H,1-2H3,(H2,34,35,37)/t21?,22?,23-,24-/m1/s1. The molecular weight excluding hydrogens is 512 g/mol. The summed E-state index contributed by atoms with van der Waals surface area (Å²) in [5, 5.41) is 5.78. The largest absolute Gasteiger partial charge is 0.416 e. The van der Waals surface area contributed by atoms with E-state index in [9.17, 15) is 26.3 Å². The number of thiocarbonyl (C=S) groups is 1. The van der Waals surface area contributed by atoms with Gasteiger partial charge in [0, 0.05) is 23.6 Å². The second-order valence-corrected chi connectivity index (χ2v) is 9.99. The number of rotatable bonds is 3. The van der Waals surface area contributed by atoms with Gasteiger partial charge in [0.15, 0.2) is 5.11 Å². The molecule has 3 aliphatic rings. The third-order valence-electron chi connectivity index (χ3n) is 7.14. The fourth-order valence-corrected chi connectivity index (χ4v) is 6.04. The monoisotopic (exact) mass is 535 g/mol. The Balaban J connectivity index is 1.50. The maximum atomic E-state index is 13.3. The second-order valence-electron chi connectivity index (χ2n) is 9.59. The summed E-state index contributed by atoms with van der Waals surface area (Å²) < 4.78 is 79.9. The fourth-order valence-electron chi connectivity index (χ4n) is 5.78. The van der Waals surface area contributed by atoms with E-state index in [1.165, 1.54) is 11.1 Å². The topological polar surface area (TPSA) is 27.3 Å². The van der Waals surface area contributed by atoms with Crippen molar-refractivity contribution >= 4 is 23.0 Å². The second kappa shape index (κ2) is 9.02. The Morgan fingerprint density at radius 3 is 1.57 bits per heavy atom. The van der Waals surface area contributed by atoms with Gasteiger partial charge in [-0.15, -0.1) is 0 Å². The van der Waals surface area contributed by atoms with Crippen LogP contribution in [-0.4, -0.2) is 36.2 Å². The molecule has 0 fully saturated rings. The normalized spacial score (nSPS) is 22.4. The van der Waals surface area contributed by atoms with Crippen molar-refractivity contribution in [2.75, 3.05) is 19.4 Å². The first-order chi connectivity index (χ1) is 17.4. The number of likely N-dealkylation sites (N-methyl/N-ethyl adjacent to an activating group) is 1. The van der Waals surface area contributed by atoms with Crippen molar-refractivity contribution in [3.05, 3.63) is 100 Å². The van der Waals surface area contributed by atoms with E-state index in [1.54, 1.807) is 0 Å². The zero-order valence-electron chi connectivity index (χ0n) is 19.8. The number of hydrogen-bond acceptors (Lipinski definition) is 2. The molecular formula is C27H23F6N3S. The summed E-state index contributed by atoms with van der Waals surface area (Å²) in [6, 6.07) is 17.2. The molecule has 3 aromatic carbocycles. The summed E-state index contributed by atoms with van der Waals surface area (Å²) in [6.45, 7) is 0. The Bertz CT molecular complexity index is 1270. The molecule has 3 aromatic rings. The van der Waals surface area contributed by atoms with Crippen molar-refractivity contribution < 1.29 is 26.3 Å². The molecule has 2 atom stereocenters. The Hall–Kier alpha value is -3.11. The molecule has 0 radical (unpaired) electrons. The summed E-state index contributed by atoms with van der Waals surface area (Å²) in [6.07, 6.45) is -9.89. The molecule has 2 bridgehead atoms. The van der Waals surface area contributed by atoms with Crippen LogP contribution in [0.5, 0.6) is 0 Å². The van der Waals surface area contributed by atoms with Gasteiger partial charge in [-0.05, 0) is 66.8 Å². The van der Waals surface area contributed by atoms with Crippen LogP contribution in [0.25, 0.3) is 0 Å². The van der Waals surface area contributed by atoms with E-state index in [0.29, 0.717) is 12.1 Å². The van der Waals surface area contributed by atoms with Gasteiger partial charge >= 0.3 is 12.4 Å². The number of nitrogens with zero attached hydrogens (tertiary/aromatic N) is 1. The number of fused-ring (bicyclic) bond motifs is 1. The van der Waals surface area contributed by atoms with Crippen molar-refractivity contribution in [3.63, 3.8) is 0 Å². The lowest BCUT2D eigenvalue weighted by Crippen LogP contribution is -2.60. The Morgan fingerprint density at radius 2 is 1.16 bits per heavy atom. The summed E-state index contributed by atoms with van der Waals surface area (Å²) in [4.78, 5) is 2.08. The van der Waals surface area contributed by atoms with Crippen LogP contribution in [0.4, 0.5) is 32.0 Å². The van der Waals surface area contributed by atoms with E-state index in [0.717, 1.165) is 11.1 Å². The van der Waals surface area contributed by atoms with Crippen LogP contribution in [0.2, 0.25) is 0 Å². The average molecular weight is 536 g/mol. The number of benzene rings is 3. The number of alkyl halides is 6. The highest BCUT2D eigenvalue weighted by Crippen LogP contribution is 2.53. The molecule has 0 heterocycles. The minimum Gasteiger partial charge on any atom is -0.357 e. The zero-order valence-corrected chi connectivity index (χ0v) is 20.6. The molecule has 3 nitrogen and oxygen atoms in total. The molecule has 37 heavy (non-hydrogen) atoms.